The maximum Gasteiger partial charge on any atom is 0.274 e. The summed E-state index contributed by atoms with van der Waals surface area (Å²) in [6.45, 7) is 7.84. The van der Waals surface area contributed by atoms with Gasteiger partial charge in [-0.15, -0.1) is 0 Å². The second-order valence-corrected chi connectivity index (χ2v) is 17.1. The van der Waals surface area contributed by atoms with Crippen molar-refractivity contribution in [1.82, 2.24) is 34.5 Å². The molecule has 0 bridgehead atoms. The lowest BCUT2D eigenvalue weighted by molar-refractivity contribution is -0.133. The summed E-state index contributed by atoms with van der Waals surface area (Å²) >= 11 is 0. The van der Waals surface area contributed by atoms with Crippen LogP contribution in [0.15, 0.2) is 67.0 Å². The third-order valence-electron chi connectivity index (χ3n) is 12.9. The van der Waals surface area contributed by atoms with Gasteiger partial charge < -0.3 is 15.7 Å². The van der Waals surface area contributed by atoms with E-state index in [1.54, 1.807) is 32.0 Å². The molecule has 5 heterocycles. The first-order valence-electron chi connectivity index (χ1n) is 20.6. The molecule has 14 nitrogen and oxygen atoms in total. The third kappa shape index (κ3) is 7.57. The number of piperidine rings is 1. The molecule has 2 saturated heterocycles. The summed E-state index contributed by atoms with van der Waals surface area (Å²) in [7, 11) is 0. The molecular formula is C44H50N10O4. The van der Waals surface area contributed by atoms with Crippen LogP contribution in [0.1, 0.15) is 104 Å². The van der Waals surface area contributed by atoms with Gasteiger partial charge in [0.05, 0.1) is 34.4 Å². The zero-order valence-electron chi connectivity index (χ0n) is 33.0. The number of imide groups is 1. The number of piperazine rings is 1. The third-order valence-corrected chi connectivity index (χ3v) is 12.9. The summed E-state index contributed by atoms with van der Waals surface area (Å²) in [4.78, 5) is 42.5. The van der Waals surface area contributed by atoms with Crippen molar-refractivity contribution in [2.75, 3.05) is 36.8 Å². The SMILES string of the molecule is CC(C)(O)c1cc2nn(C3CCC(N4CCN(C5CC(c6ccc(N[C@H]7CCC(=O)NC7=O)cc6)C5)CC4)CC3)cc2cc1NC(=O)c1ccc2cc(C#N)cnn12. The van der Waals surface area contributed by atoms with Gasteiger partial charge in [-0.2, -0.15) is 15.5 Å². The summed E-state index contributed by atoms with van der Waals surface area (Å²) in [5.74, 6) is -0.246. The Morgan fingerprint density at radius 3 is 2.31 bits per heavy atom. The molecule has 58 heavy (non-hydrogen) atoms. The summed E-state index contributed by atoms with van der Waals surface area (Å²) in [5.41, 5.74) is 4.31. The summed E-state index contributed by atoms with van der Waals surface area (Å²) in [6, 6.07) is 20.6. The highest BCUT2D eigenvalue weighted by Gasteiger charge is 2.37. The molecule has 5 aromatic rings. The fourth-order valence-corrected chi connectivity index (χ4v) is 9.50. The standard InChI is InChI=1S/C44H50N10O4/c1-44(2,58)36-23-38-30(22-39(36)48-43(57)40-13-11-34-19-27(24-45)25-46-54(34)40)26-53(50-38)33-9-7-32(8-10-33)51-15-17-52(18-16-51)35-20-29(21-35)28-3-5-31(6-4-28)47-37-12-14-41(55)49-42(37)56/h3-6,11,13,19,22-23,25-26,29,32-33,35,37,47,58H,7-10,12,14-18,20-21H2,1-2H3,(H,48,57)(H,49,55,56)/t29?,32?,33?,35?,37-/m0/s1. The minimum absolute atomic E-state index is 0.200. The zero-order chi connectivity index (χ0) is 40.1. The lowest BCUT2D eigenvalue weighted by Crippen LogP contribution is -2.56. The Morgan fingerprint density at radius 2 is 1.62 bits per heavy atom. The van der Waals surface area contributed by atoms with Crippen LogP contribution in [0.3, 0.4) is 0 Å². The van der Waals surface area contributed by atoms with Crippen LogP contribution >= 0.6 is 0 Å². The number of hydrogen-bond acceptors (Lipinski definition) is 10. The van der Waals surface area contributed by atoms with E-state index >= 15 is 0 Å². The Kier molecular flexibility index (Phi) is 9.99. The van der Waals surface area contributed by atoms with E-state index in [0.717, 1.165) is 68.5 Å². The van der Waals surface area contributed by atoms with E-state index in [1.165, 1.54) is 29.1 Å². The minimum atomic E-state index is -1.23. The molecule has 14 heteroatoms. The number of carbonyl (C=O) groups is 3. The first-order valence-corrected chi connectivity index (χ1v) is 20.6. The molecule has 1 atom stereocenters. The fourth-order valence-electron chi connectivity index (χ4n) is 9.50. The fraction of sp³-hybridized carbons (Fsp3) is 0.455. The van der Waals surface area contributed by atoms with Crippen LogP contribution in [0.5, 0.6) is 0 Å². The number of aromatic nitrogens is 4. The van der Waals surface area contributed by atoms with Gasteiger partial charge in [-0.1, -0.05) is 12.1 Å². The predicted octanol–water partition coefficient (Wildman–Crippen LogP) is 5.30. The number of rotatable bonds is 9. The molecule has 2 aliphatic carbocycles. The Balaban J connectivity index is 0.766. The largest absolute Gasteiger partial charge is 0.386 e. The number of carbonyl (C=O) groups excluding carboxylic acids is 3. The van der Waals surface area contributed by atoms with Gasteiger partial charge in [0.25, 0.3) is 5.91 Å². The van der Waals surface area contributed by atoms with Crippen LogP contribution in [0, 0.1) is 11.3 Å². The second kappa shape index (κ2) is 15.3. The molecule has 300 valence electrons. The Morgan fingerprint density at radius 1 is 0.914 bits per heavy atom. The summed E-state index contributed by atoms with van der Waals surface area (Å²) in [6.07, 6.45) is 11.1. The molecule has 3 aromatic heterocycles. The minimum Gasteiger partial charge on any atom is -0.386 e. The van der Waals surface area contributed by atoms with Crippen molar-refractivity contribution in [2.45, 2.75) is 101 Å². The van der Waals surface area contributed by atoms with Crippen LogP contribution in [-0.2, 0) is 15.2 Å². The molecule has 4 fully saturated rings. The molecular weight excluding hydrogens is 733 g/mol. The van der Waals surface area contributed by atoms with Crippen molar-refractivity contribution in [2.24, 2.45) is 0 Å². The monoisotopic (exact) mass is 782 g/mol. The molecule has 0 radical (unpaired) electrons. The van der Waals surface area contributed by atoms with Gasteiger partial charge in [0.15, 0.2) is 0 Å². The second-order valence-electron chi connectivity index (χ2n) is 17.1. The number of nitrogens with one attached hydrogen (secondary N) is 3. The van der Waals surface area contributed by atoms with Gasteiger partial charge in [-0.05, 0) is 113 Å². The lowest BCUT2D eigenvalue weighted by atomic mass is 9.75. The molecule has 3 amide bonds. The topological polar surface area (TPSA) is 173 Å². The first kappa shape index (κ1) is 37.9. The van der Waals surface area contributed by atoms with Gasteiger partial charge in [-0.25, -0.2) is 4.52 Å². The van der Waals surface area contributed by atoms with E-state index in [9.17, 15) is 24.8 Å². The van der Waals surface area contributed by atoms with Crippen molar-refractivity contribution >= 4 is 45.5 Å². The Hall–Kier alpha value is -5.62. The van der Waals surface area contributed by atoms with Crippen molar-refractivity contribution in [1.29, 1.82) is 5.26 Å². The maximum absolute atomic E-state index is 13.5. The molecule has 0 unspecified atom stereocenters. The number of anilines is 2. The van der Waals surface area contributed by atoms with Crippen molar-refractivity contribution < 1.29 is 19.5 Å². The number of nitrogens with zero attached hydrogens (tertiary/aromatic N) is 7. The van der Waals surface area contributed by atoms with Crippen molar-refractivity contribution in [3.8, 4) is 6.07 Å². The first-order chi connectivity index (χ1) is 28.0. The molecule has 2 aliphatic heterocycles. The van der Waals surface area contributed by atoms with Crippen LogP contribution in [0.4, 0.5) is 11.4 Å². The van der Waals surface area contributed by atoms with Crippen LogP contribution in [-0.4, -0.2) is 96.3 Å². The molecule has 4 N–H and O–H groups in total. The highest BCUT2D eigenvalue weighted by molar-refractivity contribution is 6.05. The summed E-state index contributed by atoms with van der Waals surface area (Å²) in [5, 5.41) is 39.2. The molecule has 2 aromatic carbocycles. The van der Waals surface area contributed by atoms with Gasteiger partial charge in [0.2, 0.25) is 11.8 Å². The van der Waals surface area contributed by atoms with Crippen molar-refractivity contribution in [3.05, 3.63) is 89.4 Å². The van der Waals surface area contributed by atoms with E-state index in [1.807, 2.05) is 12.1 Å². The van der Waals surface area contributed by atoms with Gasteiger partial charge in [0.1, 0.15) is 17.8 Å². The van der Waals surface area contributed by atoms with E-state index in [4.69, 9.17) is 5.10 Å². The van der Waals surface area contributed by atoms with E-state index < -0.39 is 5.60 Å². The van der Waals surface area contributed by atoms with Gasteiger partial charge in [-0.3, -0.25) is 34.2 Å². The van der Waals surface area contributed by atoms with Crippen LogP contribution < -0.4 is 16.0 Å². The quantitative estimate of drug-likeness (QED) is 0.144. The zero-order valence-corrected chi connectivity index (χ0v) is 33.0. The molecule has 4 aliphatic rings. The molecule has 9 rings (SSSR count). The van der Waals surface area contributed by atoms with E-state index in [2.05, 4.69) is 72.1 Å². The van der Waals surface area contributed by atoms with Crippen LogP contribution in [0.2, 0.25) is 0 Å². The Labute approximate surface area is 337 Å². The number of fused-ring (bicyclic) bond motifs is 2. The number of amides is 3. The molecule has 2 saturated carbocycles. The van der Waals surface area contributed by atoms with Crippen LogP contribution in [0.25, 0.3) is 16.4 Å². The molecule has 0 spiro atoms. The number of nitriles is 1. The van der Waals surface area contributed by atoms with Gasteiger partial charge >= 0.3 is 0 Å². The average Bonchev–Trinajstić information content (AvgIpc) is 3.83. The van der Waals surface area contributed by atoms with E-state index in [-0.39, 0.29) is 23.8 Å². The Bertz CT molecular complexity index is 2400. The lowest BCUT2D eigenvalue weighted by Gasteiger charge is -2.48. The van der Waals surface area contributed by atoms with Crippen molar-refractivity contribution in [3.63, 3.8) is 0 Å². The average molecular weight is 783 g/mol. The summed E-state index contributed by atoms with van der Waals surface area (Å²) < 4.78 is 3.60. The smallest absolute Gasteiger partial charge is 0.274 e. The normalized spacial score (nSPS) is 24.6. The number of hydrogen-bond donors (Lipinski definition) is 4. The number of benzene rings is 2. The number of aliphatic hydroxyl groups is 1. The highest BCUT2D eigenvalue weighted by Crippen LogP contribution is 2.41. The van der Waals surface area contributed by atoms with Gasteiger partial charge in [0, 0.05) is 73.2 Å². The van der Waals surface area contributed by atoms with E-state index in [0.29, 0.717) is 64.9 Å². The maximum atomic E-state index is 13.5. The predicted molar refractivity (Wildman–Crippen MR) is 219 cm³/mol. The highest BCUT2D eigenvalue weighted by atomic mass is 16.3.